The van der Waals surface area contributed by atoms with Crippen LogP contribution in [-0.2, 0) is 10.6 Å². The summed E-state index contributed by atoms with van der Waals surface area (Å²) in [5, 5.41) is 3.40. The molecular weight excluding hydrogens is 333 g/mol. The molecule has 0 bridgehead atoms. The van der Waals surface area contributed by atoms with Crippen molar-refractivity contribution in [2.45, 2.75) is 32.3 Å². The van der Waals surface area contributed by atoms with Gasteiger partial charge in [0.2, 0.25) is 0 Å². The Kier molecular flexibility index (Phi) is 5.55. The highest BCUT2D eigenvalue weighted by molar-refractivity contribution is 6.30. The number of alkyl halides is 1. The summed E-state index contributed by atoms with van der Waals surface area (Å²) in [6.45, 7) is 5.46. The van der Waals surface area contributed by atoms with Crippen LogP contribution in [0.15, 0.2) is 42.5 Å². The van der Waals surface area contributed by atoms with Crippen LogP contribution in [0.4, 0.5) is 10.5 Å². The molecule has 0 fully saturated rings. The lowest BCUT2D eigenvalue weighted by atomic mass is 10.00. The van der Waals surface area contributed by atoms with Crippen molar-refractivity contribution in [2.24, 2.45) is 0 Å². The van der Waals surface area contributed by atoms with Crippen molar-refractivity contribution in [1.82, 2.24) is 0 Å². The van der Waals surface area contributed by atoms with E-state index in [1.807, 2.05) is 63.2 Å². The van der Waals surface area contributed by atoms with E-state index in [1.54, 1.807) is 0 Å². The maximum absolute atomic E-state index is 11.8. The fourth-order valence-corrected chi connectivity index (χ4v) is 2.46. The number of nitrogens with one attached hydrogen (secondary N) is 1. The van der Waals surface area contributed by atoms with Gasteiger partial charge in [-0.05, 0) is 61.7 Å². The van der Waals surface area contributed by atoms with Gasteiger partial charge in [-0.25, -0.2) is 4.79 Å². The van der Waals surface area contributed by atoms with Gasteiger partial charge in [-0.15, -0.1) is 11.6 Å². The van der Waals surface area contributed by atoms with Crippen LogP contribution in [0.1, 0.15) is 26.3 Å². The van der Waals surface area contributed by atoms with Crippen LogP contribution in [0.3, 0.4) is 0 Å². The molecule has 0 aliphatic rings. The van der Waals surface area contributed by atoms with Crippen molar-refractivity contribution in [1.29, 1.82) is 0 Å². The van der Waals surface area contributed by atoms with E-state index < -0.39 is 11.7 Å². The number of benzene rings is 2. The average molecular weight is 352 g/mol. The molecule has 0 spiro atoms. The Hall–Kier alpha value is -1.71. The van der Waals surface area contributed by atoms with E-state index in [0.29, 0.717) is 16.6 Å². The zero-order valence-electron chi connectivity index (χ0n) is 13.3. The van der Waals surface area contributed by atoms with Crippen molar-refractivity contribution >= 4 is 35.0 Å². The van der Waals surface area contributed by atoms with Gasteiger partial charge < -0.3 is 4.74 Å². The number of rotatable bonds is 3. The lowest BCUT2D eigenvalue weighted by Crippen LogP contribution is -2.27. The summed E-state index contributed by atoms with van der Waals surface area (Å²) in [6, 6.07) is 13.1. The fourth-order valence-electron chi connectivity index (χ4n) is 2.11. The Morgan fingerprint density at radius 3 is 2.35 bits per heavy atom. The van der Waals surface area contributed by atoms with Gasteiger partial charge in [0.1, 0.15) is 5.60 Å². The summed E-state index contributed by atoms with van der Waals surface area (Å²) in [4.78, 5) is 11.8. The molecule has 0 saturated heterocycles. The zero-order valence-corrected chi connectivity index (χ0v) is 14.8. The molecule has 0 atom stereocenters. The molecule has 0 heterocycles. The minimum Gasteiger partial charge on any atom is -0.444 e. The molecule has 0 aliphatic carbocycles. The minimum atomic E-state index is -0.539. The summed E-state index contributed by atoms with van der Waals surface area (Å²) < 4.78 is 5.25. The van der Waals surface area contributed by atoms with E-state index >= 15 is 0 Å². The van der Waals surface area contributed by atoms with Crippen molar-refractivity contribution in [2.75, 3.05) is 5.32 Å². The molecule has 3 nitrogen and oxygen atoms in total. The number of hydrogen-bond donors (Lipinski definition) is 1. The van der Waals surface area contributed by atoms with Crippen LogP contribution < -0.4 is 5.32 Å². The largest absolute Gasteiger partial charge is 0.444 e. The van der Waals surface area contributed by atoms with Gasteiger partial charge in [0.15, 0.2) is 0 Å². The second-order valence-electron chi connectivity index (χ2n) is 6.14. The summed E-state index contributed by atoms with van der Waals surface area (Å²) in [5.74, 6) is 0.335. The highest BCUT2D eigenvalue weighted by Crippen LogP contribution is 2.29. The summed E-state index contributed by atoms with van der Waals surface area (Å²) in [7, 11) is 0. The average Bonchev–Trinajstić information content (AvgIpc) is 2.46. The predicted octanol–water partition coefficient (Wildman–Crippen LogP) is 6.09. The monoisotopic (exact) mass is 351 g/mol. The van der Waals surface area contributed by atoms with Gasteiger partial charge in [0, 0.05) is 16.6 Å². The molecule has 1 amide bonds. The van der Waals surface area contributed by atoms with Crippen LogP contribution in [0.25, 0.3) is 11.1 Å². The summed E-state index contributed by atoms with van der Waals surface area (Å²) in [5.41, 5.74) is 3.05. The van der Waals surface area contributed by atoms with E-state index in [1.165, 1.54) is 0 Å². The molecule has 23 heavy (non-hydrogen) atoms. The highest BCUT2D eigenvalue weighted by atomic mass is 35.5. The number of hydrogen-bond acceptors (Lipinski definition) is 2. The van der Waals surface area contributed by atoms with Crippen molar-refractivity contribution in [3.63, 3.8) is 0 Å². The molecule has 5 heteroatoms. The maximum Gasteiger partial charge on any atom is 0.412 e. The standard InChI is InChI=1S/C18H19Cl2NO2/c1-18(2,3)23-17(22)21-15-8-9-16(13(10-15)11-19)12-4-6-14(20)7-5-12/h4-10H,11H2,1-3H3,(H,21,22). The zero-order chi connectivity index (χ0) is 17.0. The molecule has 0 saturated carbocycles. The topological polar surface area (TPSA) is 38.3 Å². The number of amides is 1. The highest BCUT2D eigenvalue weighted by Gasteiger charge is 2.16. The van der Waals surface area contributed by atoms with Gasteiger partial charge in [0.05, 0.1) is 0 Å². The van der Waals surface area contributed by atoms with E-state index in [0.717, 1.165) is 16.7 Å². The Morgan fingerprint density at radius 2 is 1.78 bits per heavy atom. The van der Waals surface area contributed by atoms with Gasteiger partial charge >= 0.3 is 6.09 Å². The third-order valence-electron chi connectivity index (χ3n) is 3.05. The van der Waals surface area contributed by atoms with E-state index in [9.17, 15) is 4.79 Å². The minimum absolute atomic E-state index is 0.335. The molecule has 2 aromatic rings. The third-order valence-corrected chi connectivity index (χ3v) is 3.59. The lowest BCUT2D eigenvalue weighted by Gasteiger charge is -2.20. The van der Waals surface area contributed by atoms with E-state index in [4.69, 9.17) is 27.9 Å². The first-order valence-corrected chi connectivity index (χ1v) is 8.14. The number of ether oxygens (including phenoxy) is 1. The van der Waals surface area contributed by atoms with E-state index in [2.05, 4.69) is 5.32 Å². The van der Waals surface area contributed by atoms with Crippen molar-refractivity contribution in [3.05, 3.63) is 53.1 Å². The second-order valence-corrected chi connectivity index (χ2v) is 6.84. The smallest absolute Gasteiger partial charge is 0.412 e. The van der Waals surface area contributed by atoms with E-state index in [-0.39, 0.29) is 0 Å². The van der Waals surface area contributed by atoms with Gasteiger partial charge in [-0.2, -0.15) is 0 Å². The Balaban J connectivity index is 2.23. The Morgan fingerprint density at radius 1 is 1.13 bits per heavy atom. The number of anilines is 1. The first kappa shape index (κ1) is 17.6. The van der Waals surface area contributed by atoms with Crippen LogP contribution >= 0.6 is 23.2 Å². The molecule has 0 unspecified atom stereocenters. The predicted molar refractivity (Wildman–Crippen MR) is 96.3 cm³/mol. The second kappa shape index (κ2) is 7.24. The molecular formula is C18H19Cl2NO2. The number of carbonyl (C=O) groups excluding carboxylic acids is 1. The normalized spacial score (nSPS) is 11.2. The van der Waals surface area contributed by atoms with Crippen molar-refractivity contribution < 1.29 is 9.53 Å². The maximum atomic E-state index is 11.8. The lowest BCUT2D eigenvalue weighted by molar-refractivity contribution is 0.0636. The first-order valence-electron chi connectivity index (χ1n) is 7.23. The van der Waals surface area contributed by atoms with Gasteiger partial charge in [0.25, 0.3) is 0 Å². The van der Waals surface area contributed by atoms with Crippen LogP contribution in [-0.4, -0.2) is 11.7 Å². The SMILES string of the molecule is CC(C)(C)OC(=O)Nc1ccc(-c2ccc(Cl)cc2)c(CCl)c1. The Labute approximate surface area is 146 Å². The molecule has 0 aromatic heterocycles. The molecule has 122 valence electrons. The summed E-state index contributed by atoms with van der Waals surface area (Å²) in [6.07, 6.45) is -0.489. The fraction of sp³-hybridized carbons (Fsp3) is 0.278. The molecule has 0 aliphatic heterocycles. The quantitative estimate of drug-likeness (QED) is 0.679. The molecule has 1 N–H and O–H groups in total. The van der Waals surface area contributed by atoms with Crippen molar-refractivity contribution in [3.8, 4) is 11.1 Å². The first-order chi connectivity index (χ1) is 10.8. The van der Waals surface area contributed by atoms with Crippen LogP contribution in [0, 0.1) is 0 Å². The van der Waals surface area contributed by atoms with Gasteiger partial charge in [-0.1, -0.05) is 29.8 Å². The summed E-state index contributed by atoms with van der Waals surface area (Å²) >= 11 is 12.0. The third kappa shape index (κ3) is 5.15. The molecule has 2 aromatic carbocycles. The van der Waals surface area contributed by atoms with Crippen LogP contribution in [0.5, 0.6) is 0 Å². The Bertz CT molecular complexity index is 691. The number of halogens is 2. The van der Waals surface area contributed by atoms with Crippen LogP contribution in [0.2, 0.25) is 5.02 Å². The molecule has 0 radical (unpaired) electrons. The molecule has 2 rings (SSSR count). The number of carbonyl (C=O) groups is 1. The van der Waals surface area contributed by atoms with Gasteiger partial charge in [-0.3, -0.25) is 5.32 Å².